The third kappa shape index (κ3) is 7.09. The molecule has 0 aliphatic carbocycles. The van der Waals surface area contributed by atoms with Crippen LogP contribution in [0.4, 0.5) is 21.6 Å². The Morgan fingerprint density at radius 1 is 1.18 bits per heavy atom. The Morgan fingerprint density at radius 3 is 2.53 bits per heavy atom. The number of hydrogen-bond donors (Lipinski definition) is 6. The minimum Gasteiger partial charge on any atom is -0.481 e. The first-order chi connectivity index (χ1) is 17.7. The number of rotatable bonds is 10. The molecule has 0 saturated carbocycles. The number of nitrogens with two attached hydrogens (primary N) is 2. The van der Waals surface area contributed by atoms with Crippen molar-refractivity contribution in [1.29, 1.82) is 0 Å². The summed E-state index contributed by atoms with van der Waals surface area (Å²) in [6.45, 7) is 5.31. The van der Waals surface area contributed by atoms with Crippen molar-refractivity contribution in [3.8, 4) is 0 Å². The van der Waals surface area contributed by atoms with E-state index >= 15 is 0 Å². The molecule has 15 heteroatoms. The number of nitrogens with zero attached hydrogens (tertiary/aromatic N) is 3. The van der Waals surface area contributed by atoms with E-state index in [1.54, 1.807) is 33.0 Å². The van der Waals surface area contributed by atoms with Crippen LogP contribution >= 0.6 is 11.3 Å². The fraction of sp³-hybridized carbons (Fsp3) is 0.391. The standard InChI is InChI=1S/C23H29N7O7S/c1-23(2,3)37-22(36)30(9-8-11-10-26-18-16(11)17(24)28-21(25)29-18)14-6-5-13(38-14)19(33)27-12(20(34)35)4-7-15(31)32/h5-6,10,12H,4,7-9H2,1-3H3,(H,27,33)(H,31,32)(H,34,35)(H5,24,25,26,28,29)/t12-/m1/s1. The molecule has 0 saturated heterocycles. The summed E-state index contributed by atoms with van der Waals surface area (Å²) in [6, 6.07) is 1.61. The van der Waals surface area contributed by atoms with Crippen molar-refractivity contribution < 1.29 is 34.1 Å². The fourth-order valence-electron chi connectivity index (χ4n) is 3.53. The second-order valence-electron chi connectivity index (χ2n) is 9.32. The maximum atomic E-state index is 13.1. The van der Waals surface area contributed by atoms with Crippen LogP contribution < -0.4 is 21.7 Å². The number of carbonyl (C=O) groups excluding carboxylic acids is 2. The summed E-state index contributed by atoms with van der Waals surface area (Å²) in [7, 11) is 0. The number of nitrogens with one attached hydrogen (secondary N) is 2. The minimum atomic E-state index is -1.38. The van der Waals surface area contributed by atoms with E-state index in [9.17, 15) is 24.3 Å². The Morgan fingerprint density at radius 2 is 1.89 bits per heavy atom. The number of hydrogen-bond acceptors (Lipinski definition) is 10. The van der Waals surface area contributed by atoms with Gasteiger partial charge in [0, 0.05) is 19.2 Å². The predicted octanol–water partition coefficient (Wildman–Crippen LogP) is 2.22. The summed E-state index contributed by atoms with van der Waals surface area (Å²) in [5.41, 5.74) is 12.1. The third-order valence-electron chi connectivity index (χ3n) is 5.21. The number of carboxylic acids is 2. The van der Waals surface area contributed by atoms with Gasteiger partial charge in [-0.25, -0.2) is 9.59 Å². The lowest BCUT2D eigenvalue weighted by Gasteiger charge is -2.26. The number of anilines is 3. The van der Waals surface area contributed by atoms with E-state index in [0.717, 1.165) is 16.9 Å². The van der Waals surface area contributed by atoms with Crippen LogP contribution in [0.2, 0.25) is 0 Å². The van der Waals surface area contributed by atoms with Crippen LogP contribution in [0.25, 0.3) is 11.0 Å². The molecule has 0 radical (unpaired) electrons. The number of H-pyrrole nitrogens is 1. The molecule has 0 aliphatic heterocycles. The molecule has 14 nitrogen and oxygen atoms in total. The van der Waals surface area contributed by atoms with Crippen molar-refractivity contribution in [2.45, 2.75) is 51.7 Å². The molecular formula is C23H29N7O7S. The highest BCUT2D eigenvalue weighted by Gasteiger charge is 2.27. The third-order valence-corrected chi connectivity index (χ3v) is 6.32. The lowest BCUT2D eigenvalue weighted by atomic mass is 10.1. The smallest absolute Gasteiger partial charge is 0.415 e. The molecule has 1 atom stereocenters. The first kappa shape index (κ1) is 28.2. The van der Waals surface area contributed by atoms with Gasteiger partial charge >= 0.3 is 18.0 Å². The van der Waals surface area contributed by atoms with Gasteiger partial charge in [0.2, 0.25) is 5.95 Å². The monoisotopic (exact) mass is 547 g/mol. The lowest BCUT2D eigenvalue weighted by molar-refractivity contribution is -0.140. The van der Waals surface area contributed by atoms with Gasteiger partial charge in [0.15, 0.2) is 0 Å². The second kappa shape index (κ2) is 11.3. The van der Waals surface area contributed by atoms with Gasteiger partial charge in [0.05, 0.1) is 10.3 Å². The molecule has 3 aromatic heterocycles. The van der Waals surface area contributed by atoms with Gasteiger partial charge in [-0.1, -0.05) is 0 Å². The summed E-state index contributed by atoms with van der Waals surface area (Å²) >= 11 is 0.958. The lowest BCUT2D eigenvalue weighted by Crippen LogP contribution is -2.40. The summed E-state index contributed by atoms with van der Waals surface area (Å²) in [6.07, 6.45) is 0.673. The highest BCUT2D eigenvalue weighted by atomic mass is 32.1. The maximum Gasteiger partial charge on any atom is 0.415 e. The van der Waals surface area contributed by atoms with E-state index < -0.39 is 42.0 Å². The zero-order chi connectivity index (χ0) is 28.2. The molecule has 3 aromatic rings. The SMILES string of the molecule is CC(C)(C)OC(=O)N(CCc1c[nH]c2nc(N)nc(N)c12)c1ccc(C(=O)N[C@H](CCC(=O)O)C(=O)O)s1. The molecule has 0 aromatic carbocycles. The number of carboxylic acid groups (broad SMARTS) is 2. The summed E-state index contributed by atoms with van der Waals surface area (Å²) in [5.74, 6) is -3.02. The van der Waals surface area contributed by atoms with Crippen molar-refractivity contribution in [1.82, 2.24) is 20.3 Å². The van der Waals surface area contributed by atoms with Crippen LogP contribution in [-0.2, 0) is 20.7 Å². The Balaban J connectivity index is 1.83. The summed E-state index contributed by atoms with van der Waals surface area (Å²) < 4.78 is 5.56. The quantitative estimate of drug-likeness (QED) is 0.215. The van der Waals surface area contributed by atoms with Crippen molar-refractivity contribution in [3.63, 3.8) is 0 Å². The van der Waals surface area contributed by atoms with E-state index in [0.29, 0.717) is 22.5 Å². The molecule has 0 unspecified atom stereocenters. The summed E-state index contributed by atoms with van der Waals surface area (Å²) in [4.78, 5) is 60.6. The highest BCUT2D eigenvalue weighted by Crippen LogP contribution is 2.29. The number of aromatic nitrogens is 3. The van der Waals surface area contributed by atoms with Crippen LogP contribution in [0.15, 0.2) is 18.3 Å². The number of thiophene rings is 1. The molecule has 0 bridgehead atoms. The Bertz CT molecular complexity index is 1360. The molecule has 0 fully saturated rings. The van der Waals surface area contributed by atoms with Gasteiger partial charge < -0.3 is 36.7 Å². The highest BCUT2D eigenvalue weighted by molar-refractivity contribution is 7.18. The number of nitrogen functional groups attached to an aromatic ring is 2. The normalized spacial score (nSPS) is 12.2. The van der Waals surface area contributed by atoms with Gasteiger partial charge in [-0.05, 0) is 51.3 Å². The number of ether oxygens (including phenoxy) is 1. The number of aliphatic carboxylic acids is 2. The van der Waals surface area contributed by atoms with Crippen molar-refractivity contribution in [2.75, 3.05) is 22.9 Å². The van der Waals surface area contributed by atoms with Crippen LogP contribution in [0.3, 0.4) is 0 Å². The average Bonchev–Trinajstić information content (AvgIpc) is 3.43. The van der Waals surface area contributed by atoms with Crippen LogP contribution in [0, 0.1) is 0 Å². The number of fused-ring (bicyclic) bond motifs is 1. The summed E-state index contributed by atoms with van der Waals surface area (Å²) in [5, 5.41) is 21.4. The van der Waals surface area contributed by atoms with Gasteiger partial charge in [-0.15, -0.1) is 11.3 Å². The van der Waals surface area contributed by atoms with Gasteiger partial charge in [-0.3, -0.25) is 14.5 Å². The van der Waals surface area contributed by atoms with E-state index in [4.69, 9.17) is 21.3 Å². The van der Waals surface area contributed by atoms with Crippen molar-refractivity contribution in [3.05, 3.63) is 28.8 Å². The Kier molecular flexibility index (Phi) is 8.40. The second-order valence-corrected chi connectivity index (χ2v) is 10.4. The van der Waals surface area contributed by atoms with Gasteiger partial charge in [0.25, 0.3) is 5.91 Å². The zero-order valence-electron chi connectivity index (χ0n) is 21.0. The Labute approximate surface area is 221 Å². The van der Waals surface area contributed by atoms with E-state index in [2.05, 4.69) is 20.3 Å². The molecule has 0 spiro atoms. The van der Waals surface area contributed by atoms with Crippen LogP contribution in [-0.4, -0.2) is 67.3 Å². The molecular weight excluding hydrogens is 518 g/mol. The predicted molar refractivity (Wildman–Crippen MR) is 140 cm³/mol. The number of carbonyl (C=O) groups is 4. The molecule has 204 valence electrons. The fourth-order valence-corrected chi connectivity index (χ4v) is 4.46. The van der Waals surface area contributed by atoms with E-state index in [1.807, 2.05) is 0 Å². The minimum absolute atomic E-state index is 0.0243. The molecule has 38 heavy (non-hydrogen) atoms. The van der Waals surface area contributed by atoms with Crippen molar-refractivity contribution in [2.24, 2.45) is 0 Å². The molecule has 3 rings (SSSR count). The molecule has 3 heterocycles. The molecule has 2 amide bonds. The number of amides is 2. The first-order valence-electron chi connectivity index (χ1n) is 11.5. The van der Waals surface area contributed by atoms with E-state index in [1.165, 1.54) is 11.0 Å². The first-order valence-corrected chi connectivity index (χ1v) is 12.3. The maximum absolute atomic E-state index is 13.1. The van der Waals surface area contributed by atoms with E-state index in [-0.39, 0.29) is 29.6 Å². The van der Waals surface area contributed by atoms with Gasteiger partial charge in [-0.2, -0.15) is 9.97 Å². The van der Waals surface area contributed by atoms with Crippen LogP contribution in [0.5, 0.6) is 0 Å². The Hall–Kier alpha value is -4.40. The van der Waals surface area contributed by atoms with Gasteiger partial charge in [0.1, 0.15) is 28.1 Å². The molecule has 8 N–H and O–H groups in total. The molecule has 0 aliphatic rings. The largest absolute Gasteiger partial charge is 0.481 e. The average molecular weight is 548 g/mol. The van der Waals surface area contributed by atoms with Crippen molar-refractivity contribution >= 4 is 63.1 Å². The zero-order valence-corrected chi connectivity index (χ0v) is 21.8. The topological polar surface area (TPSA) is 227 Å². The number of aromatic amines is 1. The van der Waals surface area contributed by atoms with Crippen LogP contribution in [0.1, 0.15) is 48.8 Å².